The van der Waals surface area contributed by atoms with Crippen LogP contribution >= 0.6 is 11.6 Å². The molecule has 0 aliphatic heterocycles. The first-order valence-electron chi connectivity index (χ1n) is 8.41. The van der Waals surface area contributed by atoms with Crippen LogP contribution in [0.2, 0.25) is 5.02 Å². The minimum atomic E-state index is -0.263. The molecule has 3 aromatic rings. The molecule has 1 amide bonds. The summed E-state index contributed by atoms with van der Waals surface area (Å²) in [5.74, 6) is 0.873. The van der Waals surface area contributed by atoms with Crippen LogP contribution in [0.1, 0.15) is 16.1 Å². The maximum absolute atomic E-state index is 12.4. The van der Waals surface area contributed by atoms with Crippen LogP contribution in [0.3, 0.4) is 0 Å². The zero-order chi connectivity index (χ0) is 19.1. The molecule has 2 aromatic carbocycles. The minimum absolute atomic E-state index is 0.263. The van der Waals surface area contributed by atoms with Gasteiger partial charge in [0.1, 0.15) is 11.4 Å². The highest BCUT2D eigenvalue weighted by atomic mass is 35.5. The number of para-hydroxylation sites is 1. The normalized spacial score (nSPS) is 10.3. The molecule has 0 bridgehead atoms. The molecule has 1 heterocycles. The van der Waals surface area contributed by atoms with Gasteiger partial charge in [0.05, 0.1) is 7.11 Å². The molecule has 0 fully saturated rings. The van der Waals surface area contributed by atoms with E-state index in [0.717, 1.165) is 17.0 Å². The van der Waals surface area contributed by atoms with Crippen molar-refractivity contribution in [3.63, 3.8) is 0 Å². The molecule has 0 unspecified atom stereocenters. The van der Waals surface area contributed by atoms with Crippen LogP contribution in [0.25, 0.3) is 0 Å². The Morgan fingerprint density at radius 2 is 2.00 bits per heavy atom. The van der Waals surface area contributed by atoms with Crippen molar-refractivity contribution < 1.29 is 9.53 Å². The summed E-state index contributed by atoms with van der Waals surface area (Å²) in [6.07, 6.45) is 2.20. The van der Waals surface area contributed by atoms with Crippen LogP contribution in [0, 0.1) is 0 Å². The number of ether oxygens (including phenoxy) is 1. The van der Waals surface area contributed by atoms with Crippen LogP contribution in [0.15, 0.2) is 60.8 Å². The van der Waals surface area contributed by atoms with E-state index in [4.69, 9.17) is 16.3 Å². The van der Waals surface area contributed by atoms with Gasteiger partial charge in [0.15, 0.2) is 0 Å². The number of nitrogens with zero attached hydrogens (tertiary/aromatic N) is 2. The maximum atomic E-state index is 12.4. The molecule has 0 aliphatic rings. The van der Waals surface area contributed by atoms with E-state index < -0.39 is 0 Å². The molecular formula is C20H19ClN4O2. The van der Waals surface area contributed by atoms with Gasteiger partial charge in [-0.05, 0) is 42.3 Å². The van der Waals surface area contributed by atoms with E-state index in [1.54, 1.807) is 25.3 Å². The van der Waals surface area contributed by atoms with E-state index in [0.29, 0.717) is 23.9 Å². The number of hydrogen-bond acceptors (Lipinski definition) is 5. The van der Waals surface area contributed by atoms with E-state index >= 15 is 0 Å². The lowest BCUT2D eigenvalue weighted by molar-refractivity contribution is 0.0949. The van der Waals surface area contributed by atoms with Crippen molar-refractivity contribution in [2.24, 2.45) is 0 Å². The van der Waals surface area contributed by atoms with Crippen LogP contribution in [0.4, 0.5) is 11.6 Å². The Bertz CT molecular complexity index is 933. The van der Waals surface area contributed by atoms with Gasteiger partial charge in [-0.1, -0.05) is 35.9 Å². The Balaban J connectivity index is 1.60. The van der Waals surface area contributed by atoms with E-state index in [1.807, 2.05) is 36.4 Å². The number of nitrogens with one attached hydrogen (secondary N) is 2. The van der Waals surface area contributed by atoms with Gasteiger partial charge in [0.2, 0.25) is 5.95 Å². The van der Waals surface area contributed by atoms with Crippen molar-refractivity contribution in [3.05, 3.63) is 77.1 Å². The number of methoxy groups -OCH3 is 1. The Kier molecular flexibility index (Phi) is 6.22. The number of benzene rings is 2. The van der Waals surface area contributed by atoms with E-state index in [9.17, 15) is 4.79 Å². The van der Waals surface area contributed by atoms with Crippen molar-refractivity contribution >= 4 is 29.1 Å². The largest absolute Gasteiger partial charge is 0.496 e. The fourth-order valence-corrected chi connectivity index (χ4v) is 2.74. The van der Waals surface area contributed by atoms with Crippen molar-refractivity contribution in [1.82, 2.24) is 15.3 Å². The summed E-state index contributed by atoms with van der Waals surface area (Å²) in [6.45, 7) is 0.472. The third kappa shape index (κ3) is 5.18. The minimum Gasteiger partial charge on any atom is -0.496 e. The molecule has 2 N–H and O–H groups in total. The lowest BCUT2D eigenvalue weighted by Crippen LogP contribution is -2.26. The number of anilines is 2. The van der Waals surface area contributed by atoms with Crippen LogP contribution < -0.4 is 15.4 Å². The van der Waals surface area contributed by atoms with Gasteiger partial charge in [0, 0.05) is 23.5 Å². The zero-order valence-corrected chi connectivity index (χ0v) is 15.5. The molecule has 1 aromatic heterocycles. The number of rotatable bonds is 7. The standard InChI is InChI=1S/C20H19ClN4O2/c1-27-18-8-3-2-5-14(18)9-11-22-19(26)17-10-12-23-20(25-17)24-16-7-4-6-15(21)13-16/h2-8,10,12-13H,9,11H2,1H3,(H,22,26)(H,23,24,25). The second-order valence-electron chi connectivity index (χ2n) is 5.72. The Morgan fingerprint density at radius 3 is 2.81 bits per heavy atom. The van der Waals surface area contributed by atoms with Gasteiger partial charge >= 0.3 is 0 Å². The quantitative estimate of drug-likeness (QED) is 0.649. The van der Waals surface area contributed by atoms with Crippen molar-refractivity contribution in [1.29, 1.82) is 0 Å². The highest BCUT2D eigenvalue weighted by molar-refractivity contribution is 6.30. The van der Waals surface area contributed by atoms with Crippen LogP contribution in [-0.2, 0) is 6.42 Å². The summed E-state index contributed by atoms with van der Waals surface area (Å²) >= 11 is 5.97. The molecule has 0 atom stereocenters. The summed E-state index contributed by atoms with van der Waals surface area (Å²) in [5, 5.41) is 6.50. The molecule has 0 spiro atoms. The fraction of sp³-hybridized carbons (Fsp3) is 0.150. The third-order valence-electron chi connectivity index (χ3n) is 3.84. The monoisotopic (exact) mass is 382 g/mol. The molecule has 0 radical (unpaired) electrons. The van der Waals surface area contributed by atoms with E-state index in [1.165, 1.54) is 6.20 Å². The molecule has 0 saturated carbocycles. The van der Waals surface area contributed by atoms with Gasteiger partial charge in [-0.15, -0.1) is 0 Å². The molecular weight excluding hydrogens is 364 g/mol. The lowest BCUT2D eigenvalue weighted by atomic mass is 10.1. The molecule has 27 heavy (non-hydrogen) atoms. The number of aromatic nitrogens is 2. The van der Waals surface area contributed by atoms with Gasteiger partial charge in [-0.25, -0.2) is 9.97 Å². The van der Waals surface area contributed by atoms with Gasteiger partial charge < -0.3 is 15.4 Å². The van der Waals surface area contributed by atoms with Gasteiger partial charge in [-0.2, -0.15) is 0 Å². The number of halogens is 1. The van der Waals surface area contributed by atoms with Gasteiger partial charge in [-0.3, -0.25) is 4.79 Å². The Hall–Kier alpha value is -3.12. The van der Waals surface area contributed by atoms with Crippen molar-refractivity contribution in [3.8, 4) is 5.75 Å². The maximum Gasteiger partial charge on any atom is 0.270 e. The molecule has 6 nitrogen and oxygen atoms in total. The summed E-state index contributed by atoms with van der Waals surface area (Å²) in [5.41, 5.74) is 2.07. The Morgan fingerprint density at radius 1 is 1.15 bits per heavy atom. The molecule has 0 aliphatic carbocycles. The van der Waals surface area contributed by atoms with E-state index in [2.05, 4.69) is 20.6 Å². The first kappa shape index (κ1) is 18.7. The number of carbonyl (C=O) groups excluding carboxylic acids is 1. The van der Waals surface area contributed by atoms with Gasteiger partial charge in [0.25, 0.3) is 5.91 Å². The predicted octanol–water partition coefficient (Wildman–Crippen LogP) is 3.85. The highest BCUT2D eigenvalue weighted by Crippen LogP contribution is 2.18. The first-order chi connectivity index (χ1) is 13.2. The number of amides is 1. The summed E-state index contributed by atoms with van der Waals surface area (Å²) in [4.78, 5) is 20.8. The SMILES string of the molecule is COc1ccccc1CCNC(=O)c1ccnc(Nc2cccc(Cl)c2)n1. The molecule has 3 rings (SSSR count). The average Bonchev–Trinajstić information content (AvgIpc) is 2.68. The summed E-state index contributed by atoms with van der Waals surface area (Å²) in [7, 11) is 1.63. The number of hydrogen-bond donors (Lipinski definition) is 2. The highest BCUT2D eigenvalue weighted by Gasteiger charge is 2.09. The molecule has 7 heteroatoms. The second-order valence-corrected chi connectivity index (χ2v) is 6.16. The van der Waals surface area contributed by atoms with Crippen LogP contribution in [0.5, 0.6) is 5.75 Å². The smallest absolute Gasteiger partial charge is 0.270 e. The summed E-state index contributed by atoms with van der Waals surface area (Å²) < 4.78 is 5.32. The Labute approximate surface area is 162 Å². The topological polar surface area (TPSA) is 76.1 Å². The third-order valence-corrected chi connectivity index (χ3v) is 4.08. The molecule has 0 saturated heterocycles. The zero-order valence-electron chi connectivity index (χ0n) is 14.8. The van der Waals surface area contributed by atoms with Crippen molar-refractivity contribution in [2.45, 2.75) is 6.42 Å². The van der Waals surface area contributed by atoms with E-state index in [-0.39, 0.29) is 11.6 Å². The second kappa shape index (κ2) is 9.00. The fourth-order valence-electron chi connectivity index (χ4n) is 2.55. The predicted molar refractivity (Wildman–Crippen MR) is 106 cm³/mol. The lowest BCUT2D eigenvalue weighted by Gasteiger charge is -2.09. The number of carbonyl (C=O) groups is 1. The molecule has 138 valence electrons. The van der Waals surface area contributed by atoms with Crippen molar-refractivity contribution in [2.75, 3.05) is 19.0 Å². The van der Waals surface area contributed by atoms with Crippen LogP contribution in [-0.4, -0.2) is 29.5 Å². The summed E-state index contributed by atoms with van der Waals surface area (Å²) in [6, 6.07) is 16.5. The average molecular weight is 383 g/mol. The first-order valence-corrected chi connectivity index (χ1v) is 8.79.